The first-order valence-electron chi connectivity index (χ1n) is 8.96. The van der Waals surface area contributed by atoms with Crippen molar-refractivity contribution in [3.8, 4) is 5.75 Å². The molecule has 3 aromatic rings. The highest BCUT2D eigenvalue weighted by atomic mass is 32.2. The largest absolute Gasteiger partial charge is 0.485 e. The summed E-state index contributed by atoms with van der Waals surface area (Å²) in [4.78, 5) is 12.0. The van der Waals surface area contributed by atoms with Crippen molar-refractivity contribution in [3.63, 3.8) is 0 Å². The Bertz CT molecular complexity index is 971. The second-order valence-corrected chi connectivity index (χ2v) is 7.41. The van der Waals surface area contributed by atoms with Gasteiger partial charge in [0.05, 0.1) is 5.75 Å². The first-order valence-corrected chi connectivity index (χ1v) is 9.95. The average Bonchev–Trinajstić information content (AvgIpc) is 3.05. The number of ether oxygens (including phenoxy) is 1. The van der Waals surface area contributed by atoms with Gasteiger partial charge in [0, 0.05) is 6.54 Å². The van der Waals surface area contributed by atoms with E-state index in [0.29, 0.717) is 17.5 Å². The molecule has 2 aromatic carbocycles. The van der Waals surface area contributed by atoms with Crippen LogP contribution in [0.25, 0.3) is 0 Å². The zero-order valence-corrected chi connectivity index (χ0v) is 17.0. The van der Waals surface area contributed by atoms with Gasteiger partial charge in [-0.2, -0.15) is 0 Å². The highest BCUT2D eigenvalue weighted by Gasteiger charge is 2.14. The Labute approximate surface area is 172 Å². The van der Waals surface area contributed by atoms with E-state index in [4.69, 9.17) is 10.6 Å². The second-order valence-electron chi connectivity index (χ2n) is 6.47. The molecule has 0 saturated carbocycles. The predicted molar refractivity (Wildman–Crippen MR) is 109 cm³/mol. The average molecular weight is 415 g/mol. The van der Waals surface area contributed by atoms with E-state index in [9.17, 15) is 9.18 Å². The van der Waals surface area contributed by atoms with Gasteiger partial charge in [-0.15, -0.1) is 10.2 Å². The molecular formula is C20H22FN5O2S. The van der Waals surface area contributed by atoms with E-state index in [1.165, 1.54) is 28.6 Å². The van der Waals surface area contributed by atoms with Gasteiger partial charge in [0.15, 0.2) is 5.82 Å². The maximum absolute atomic E-state index is 12.9. The van der Waals surface area contributed by atoms with Crippen LogP contribution in [0.3, 0.4) is 0 Å². The first-order chi connectivity index (χ1) is 13.9. The highest BCUT2D eigenvalue weighted by Crippen LogP contribution is 2.23. The number of benzene rings is 2. The fourth-order valence-electron chi connectivity index (χ4n) is 2.65. The van der Waals surface area contributed by atoms with E-state index in [1.54, 1.807) is 12.1 Å². The lowest BCUT2D eigenvalue weighted by atomic mass is 10.1. The molecular weight excluding hydrogens is 393 g/mol. The summed E-state index contributed by atoms with van der Waals surface area (Å²) in [6.07, 6.45) is 0. The number of hydrogen-bond acceptors (Lipinski definition) is 6. The minimum Gasteiger partial charge on any atom is -0.485 e. The van der Waals surface area contributed by atoms with Crippen LogP contribution in [0.15, 0.2) is 47.6 Å². The van der Waals surface area contributed by atoms with Gasteiger partial charge in [-0.1, -0.05) is 42.1 Å². The van der Waals surface area contributed by atoms with Crippen molar-refractivity contribution in [2.75, 3.05) is 11.6 Å². The number of nitrogens with one attached hydrogen (secondary N) is 1. The molecule has 152 valence electrons. The Kier molecular flexibility index (Phi) is 6.71. The zero-order chi connectivity index (χ0) is 20.8. The van der Waals surface area contributed by atoms with Gasteiger partial charge in [0.2, 0.25) is 11.1 Å². The molecule has 0 aliphatic heterocycles. The second kappa shape index (κ2) is 9.42. The Balaban J connectivity index is 1.50. The van der Waals surface area contributed by atoms with Crippen LogP contribution in [0.4, 0.5) is 4.39 Å². The van der Waals surface area contributed by atoms with E-state index >= 15 is 0 Å². The smallest absolute Gasteiger partial charge is 0.230 e. The van der Waals surface area contributed by atoms with Gasteiger partial charge < -0.3 is 15.9 Å². The van der Waals surface area contributed by atoms with Crippen molar-refractivity contribution in [3.05, 3.63) is 70.8 Å². The molecule has 7 nitrogen and oxygen atoms in total. The molecule has 0 bridgehead atoms. The van der Waals surface area contributed by atoms with Gasteiger partial charge in [0.1, 0.15) is 18.2 Å². The van der Waals surface area contributed by atoms with E-state index in [0.717, 1.165) is 22.4 Å². The maximum atomic E-state index is 12.9. The first kappa shape index (κ1) is 20.7. The van der Waals surface area contributed by atoms with E-state index < -0.39 is 0 Å². The van der Waals surface area contributed by atoms with Crippen LogP contribution in [0.5, 0.6) is 5.75 Å². The summed E-state index contributed by atoms with van der Waals surface area (Å²) in [5.41, 5.74) is 2.87. The van der Waals surface area contributed by atoms with Crippen LogP contribution in [0, 0.1) is 19.7 Å². The lowest BCUT2D eigenvalue weighted by molar-refractivity contribution is -0.118. The quantitative estimate of drug-likeness (QED) is 0.434. The number of hydrogen-bond donors (Lipinski definition) is 2. The number of rotatable bonds is 8. The van der Waals surface area contributed by atoms with Crippen molar-refractivity contribution >= 4 is 17.7 Å². The van der Waals surface area contributed by atoms with Gasteiger partial charge in [-0.05, 0) is 42.7 Å². The molecule has 1 aromatic heterocycles. The van der Waals surface area contributed by atoms with Crippen molar-refractivity contribution in [2.24, 2.45) is 0 Å². The number of aromatic nitrogens is 3. The molecule has 0 saturated heterocycles. The summed E-state index contributed by atoms with van der Waals surface area (Å²) < 4.78 is 20.1. The summed E-state index contributed by atoms with van der Waals surface area (Å²) >= 11 is 1.18. The highest BCUT2D eigenvalue weighted by molar-refractivity contribution is 7.99. The number of nitrogens with zero attached hydrogens (tertiary/aromatic N) is 3. The predicted octanol–water partition coefficient (Wildman–Crippen LogP) is 2.74. The van der Waals surface area contributed by atoms with Crippen molar-refractivity contribution in [1.29, 1.82) is 0 Å². The normalized spacial score (nSPS) is 10.7. The number of nitrogens with two attached hydrogens (primary N) is 1. The fourth-order valence-corrected chi connectivity index (χ4v) is 3.36. The van der Waals surface area contributed by atoms with Gasteiger partial charge >= 0.3 is 0 Å². The summed E-state index contributed by atoms with van der Waals surface area (Å²) in [6.45, 7) is 4.44. The summed E-state index contributed by atoms with van der Waals surface area (Å²) in [5, 5.41) is 11.3. The van der Waals surface area contributed by atoms with Gasteiger partial charge in [-0.25, -0.2) is 9.07 Å². The number of nitrogen functional groups attached to an aromatic ring is 1. The molecule has 1 heterocycles. The van der Waals surface area contributed by atoms with E-state index in [1.807, 2.05) is 32.0 Å². The molecule has 0 aliphatic rings. The van der Waals surface area contributed by atoms with Crippen LogP contribution >= 0.6 is 11.8 Å². The summed E-state index contributed by atoms with van der Waals surface area (Å²) in [7, 11) is 0. The van der Waals surface area contributed by atoms with Crippen molar-refractivity contribution in [1.82, 2.24) is 20.2 Å². The maximum Gasteiger partial charge on any atom is 0.230 e. The number of halogens is 1. The number of carbonyl (C=O) groups is 1. The lowest BCUT2D eigenvalue weighted by Gasteiger charge is -2.11. The lowest BCUT2D eigenvalue weighted by Crippen LogP contribution is -2.25. The Hall–Kier alpha value is -3.07. The van der Waals surface area contributed by atoms with Crippen molar-refractivity contribution in [2.45, 2.75) is 32.2 Å². The molecule has 1 amide bonds. The SMILES string of the molecule is Cc1cccc(C)c1OCc1nnc(SCC(=O)NCc2ccc(F)cc2)n1N. The minimum atomic E-state index is -0.310. The van der Waals surface area contributed by atoms with Gasteiger partial charge in [-0.3, -0.25) is 4.79 Å². The van der Waals surface area contributed by atoms with Crippen LogP contribution in [-0.2, 0) is 17.9 Å². The Morgan fingerprint density at radius 1 is 1.17 bits per heavy atom. The van der Waals surface area contributed by atoms with Gasteiger partial charge in [0.25, 0.3) is 0 Å². The third-order valence-corrected chi connectivity index (χ3v) is 5.17. The molecule has 3 N–H and O–H groups in total. The fraction of sp³-hybridized carbons (Fsp3) is 0.250. The molecule has 0 radical (unpaired) electrons. The minimum absolute atomic E-state index is 0.133. The molecule has 3 rings (SSSR count). The van der Waals surface area contributed by atoms with Crippen molar-refractivity contribution < 1.29 is 13.9 Å². The molecule has 0 fully saturated rings. The molecule has 9 heteroatoms. The third kappa shape index (κ3) is 5.47. The molecule has 0 aliphatic carbocycles. The van der Waals surface area contributed by atoms with Crippen LogP contribution in [-0.4, -0.2) is 26.5 Å². The Morgan fingerprint density at radius 2 is 1.86 bits per heavy atom. The molecule has 0 spiro atoms. The van der Waals surface area contributed by atoms with Crippen LogP contribution in [0.2, 0.25) is 0 Å². The number of aryl methyl sites for hydroxylation is 2. The molecule has 29 heavy (non-hydrogen) atoms. The van der Waals surface area contributed by atoms with E-state index in [2.05, 4.69) is 15.5 Å². The van der Waals surface area contributed by atoms with Crippen LogP contribution in [0.1, 0.15) is 22.5 Å². The molecule has 0 unspecified atom stereocenters. The zero-order valence-electron chi connectivity index (χ0n) is 16.2. The van der Waals surface area contributed by atoms with E-state index in [-0.39, 0.29) is 24.1 Å². The van der Waals surface area contributed by atoms with Crippen LogP contribution < -0.4 is 15.9 Å². The standard InChI is InChI=1S/C20H22FN5O2S/c1-13-4-3-5-14(2)19(13)28-11-17-24-25-20(26(17)22)29-12-18(27)23-10-15-6-8-16(21)9-7-15/h3-9H,10-12,22H2,1-2H3,(H,23,27). The topological polar surface area (TPSA) is 95.1 Å². The monoisotopic (exact) mass is 415 g/mol. The Morgan fingerprint density at radius 3 is 2.55 bits per heavy atom. The number of carbonyl (C=O) groups excluding carboxylic acids is 1. The number of amides is 1. The number of para-hydroxylation sites is 1. The summed E-state index contributed by atoms with van der Waals surface area (Å²) in [5.74, 6) is 6.93. The number of thioether (sulfide) groups is 1. The summed E-state index contributed by atoms with van der Waals surface area (Å²) in [6, 6.07) is 11.9. The third-order valence-electron chi connectivity index (χ3n) is 4.22. The molecule has 0 atom stereocenters.